The third-order valence-corrected chi connectivity index (χ3v) is 7.58. The largest absolute Gasteiger partial charge is 0.497 e. The third-order valence-electron chi connectivity index (χ3n) is 7.58. The Morgan fingerprint density at radius 1 is 1.23 bits per heavy atom. The summed E-state index contributed by atoms with van der Waals surface area (Å²) in [5, 5.41) is 5.93. The normalized spacial score (nSPS) is 27.5. The molecule has 1 spiro atoms. The maximum Gasteiger partial charge on any atom is 0.325 e. The molecule has 3 fully saturated rings. The predicted molar refractivity (Wildman–Crippen MR) is 130 cm³/mol. The summed E-state index contributed by atoms with van der Waals surface area (Å²) < 4.78 is 10.8. The molecule has 0 aromatic heterocycles. The van der Waals surface area contributed by atoms with Crippen molar-refractivity contribution in [1.82, 2.24) is 15.5 Å². The average Bonchev–Trinajstić information content (AvgIpc) is 3.02. The lowest BCUT2D eigenvalue weighted by Gasteiger charge is -2.43. The molecule has 2 saturated heterocycles. The first kappa shape index (κ1) is 25.4. The lowest BCUT2D eigenvalue weighted by Crippen LogP contribution is -3.15. The first-order valence-corrected chi connectivity index (χ1v) is 12.6. The second-order valence-corrected chi connectivity index (χ2v) is 11.2. The zero-order valence-electron chi connectivity index (χ0n) is 21.3. The monoisotopic (exact) mass is 487 g/mol. The number of methoxy groups -OCH3 is 1. The van der Waals surface area contributed by atoms with Crippen molar-refractivity contribution < 1.29 is 28.8 Å². The van der Waals surface area contributed by atoms with E-state index in [4.69, 9.17) is 9.47 Å². The fourth-order valence-corrected chi connectivity index (χ4v) is 6.38. The number of rotatable bonds is 7. The van der Waals surface area contributed by atoms with Gasteiger partial charge >= 0.3 is 6.03 Å². The number of carbonyl (C=O) groups excluding carboxylic acids is 3. The zero-order chi connectivity index (χ0) is 25.2. The van der Waals surface area contributed by atoms with Crippen molar-refractivity contribution in [2.24, 2.45) is 11.3 Å². The van der Waals surface area contributed by atoms with E-state index in [0.29, 0.717) is 38.5 Å². The zero-order valence-corrected chi connectivity index (χ0v) is 21.3. The van der Waals surface area contributed by atoms with Crippen LogP contribution in [0.4, 0.5) is 4.79 Å². The Labute approximate surface area is 207 Å². The van der Waals surface area contributed by atoms with Crippen LogP contribution in [0.1, 0.15) is 51.6 Å². The van der Waals surface area contributed by atoms with Crippen LogP contribution in [0.15, 0.2) is 24.3 Å². The Morgan fingerprint density at radius 3 is 2.54 bits per heavy atom. The van der Waals surface area contributed by atoms with Gasteiger partial charge in [-0.15, -0.1) is 0 Å². The van der Waals surface area contributed by atoms with Crippen LogP contribution >= 0.6 is 0 Å². The maximum absolute atomic E-state index is 13.4. The van der Waals surface area contributed by atoms with Crippen molar-refractivity contribution in [3.05, 3.63) is 29.8 Å². The molecule has 1 aromatic rings. The van der Waals surface area contributed by atoms with Crippen LogP contribution in [0.25, 0.3) is 0 Å². The first-order chi connectivity index (χ1) is 16.6. The van der Waals surface area contributed by atoms with Gasteiger partial charge in [-0.3, -0.25) is 14.5 Å². The number of benzene rings is 1. The number of nitrogens with zero attached hydrogens (tertiary/aromatic N) is 1. The van der Waals surface area contributed by atoms with Gasteiger partial charge in [0.15, 0.2) is 0 Å². The van der Waals surface area contributed by atoms with E-state index in [-0.39, 0.29) is 29.8 Å². The van der Waals surface area contributed by atoms with Gasteiger partial charge in [0.2, 0.25) is 5.91 Å². The number of nitrogens with one attached hydrogen (secondary N) is 3. The molecule has 1 aromatic carbocycles. The molecule has 0 unspecified atom stereocenters. The maximum atomic E-state index is 13.4. The van der Waals surface area contributed by atoms with Crippen LogP contribution < -0.4 is 20.3 Å². The Kier molecular flexibility index (Phi) is 7.38. The van der Waals surface area contributed by atoms with Crippen LogP contribution in [0, 0.1) is 11.3 Å². The number of hydrogen-bond donors (Lipinski definition) is 3. The summed E-state index contributed by atoms with van der Waals surface area (Å²) in [6, 6.07) is 7.44. The predicted octanol–water partition coefficient (Wildman–Crippen LogP) is 0.904. The van der Waals surface area contributed by atoms with Crippen molar-refractivity contribution in [2.45, 2.75) is 51.6 Å². The van der Waals surface area contributed by atoms with Crippen LogP contribution in [0.5, 0.6) is 5.75 Å². The molecule has 0 bridgehead atoms. The van der Waals surface area contributed by atoms with Crippen LogP contribution in [-0.4, -0.2) is 74.8 Å². The average molecular weight is 488 g/mol. The molecule has 1 saturated carbocycles. The topological polar surface area (TPSA) is 101 Å². The van der Waals surface area contributed by atoms with Gasteiger partial charge in [-0.05, 0) is 54.9 Å². The number of amides is 4. The highest BCUT2D eigenvalue weighted by atomic mass is 16.5. The molecule has 192 valence electrons. The second-order valence-electron chi connectivity index (χ2n) is 11.2. The Bertz CT molecular complexity index is 944. The van der Waals surface area contributed by atoms with Crippen molar-refractivity contribution in [3.63, 3.8) is 0 Å². The molecule has 4 rings (SSSR count). The molecule has 3 aliphatic rings. The first-order valence-electron chi connectivity index (χ1n) is 12.6. The van der Waals surface area contributed by atoms with E-state index in [1.165, 1.54) is 4.90 Å². The lowest BCUT2D eigenvalue weighted by atomic mass is 9.64. The quantitative estimate of drug-likeness (QED) is 0.496. The van der Waals surface area contributed by atoms with E-state index in [1.807, 2.05) is 24.3 Å². The summed E-state index contributed by atoms with van der Waals surface area (Å²) in [4.78, 5) is 41.5. The van der Waals surface area contributed by atoms with E-state index < -0.39 is 11.6 Å². The molecule has 9 heteroatoms. The van der Waals surface area contributed by atoms with Crippen molar-refractivity contribution in [3.8, 4) is 5.75 Å². The van der Waals surface area contributed by atoms with Gasteiger partial charge < -0.3 is 25.0 Å². The summed E-state index contributed by atoms with van der Waals surface area (Å²) in [7, 11) is 1.63. The summed E-state index contributed by atoms with van der Waals surface area (Å²) in [5.74, 6) is 0.488. The van der Waals surface area contributed by atoms with E-state index >= 15 is 0 Å². The molecule has 2 aliphatic heterocycles. The Hall–Kier alpha value is -2.65. The van der Waals surface area contributed by atoms with E-state index in [0.717, 1.165) is 35.7 Å². The molecule has 1 aliphatic carbocycles. The van der Waals surface area contributed by atoms with Gasteiger partial charge in [-0.25, -0.2) is 4.79 Å². The minimum atomic E-state index is -0.901. The number of imide groups is 1. The number of ether oxygens (including phenoxy) is 2. The second kappa shape index (κ2) is 10.1. The third kappa shape index (κ3) is 5.62. The van der Waals surface area contributed by atoms with Gasteiger partial charge in [0, 0.05) is 5.56 Å². The minimum Gasteiger partial charge on any atom is -0.497 e. The summed E-state index contributed by atoms with van der Waals surface area (Å²) in [6.45, 7) is 9.55. The number of morpholine rings is 1. The number of urea groups is 1. The summed E-state index contributed by atoms with van der Waals surface area (Å²) in [6.07, 6.45) is 2.21. The fraction of sp³-hybridized carbons (Fsp3) is 0.654. The number of quaternary nitrogens is 1. The molecule has 0 radical (unpaired) electrons. The van der Waals surface area contributed by atoms with Gasteiger partial charge in [0.1, 0.15) is 37.0 Å². The lowest BCUT2D eigenvalue weighted by molar-refractivity contribution is -0.937. The highest BCUT2D eigenvalue weighted by molar-refractivity contribution is 6.09. The Balaban J connectivity index is 1.41. The van der Waals surface area contributed by atoms with E-state index in [9.17, 15) is 14.4 Å². The van der Waals surface area contributed by atoms with Gasteiger partial charge in [0.05, 0.1) is 26.9 Å². The molecule has 3 N–H and O–H groups in total. The molecular weight excluding hydrogens is 448 g/mol. The molecule has 4 amide bonds. The van der Waals surface area contributed by atoms with Crippen molar-refractivity contribution >= 4 is 17.8 Å². The van der Waals surface area contributed by atoms with E-state index in [2.05, 4.69) is 31.4 Å². The molecule has 3 atom stereocenters. The number of carbonyl (C=O) groups is 3. The highest BCUT2D eigenvalue weighted by Gasteiger charge is 2.56. The van der Waals surface area contributed by atoms with Crippen LogP contribution in [-0.2, 0) is 14.3 Å². The fourth-order valence-electron chi connectivity index (χ4n) is 6.38. The van der Waals surface area contributed by atoms with Gasteiger partial charge in [-0.1, -0.05) is 20.8 Å². The highest BCUT2D eigenvalue weighted by Crippen LogP contribution is 2.46. The molecular formula is C26H39N4O5+. The standard InChI is InChI=1S/C26H38N4O5/c1-18-13-25(2,3)17-26(14-18)23(32)30(24(33)28-26)16-22(31)27-15-21(29-9-11-35-12-10-29)19-5-7-20(34-4)8-6-19/h5-8,18,21H,9-17H2,1-4H3,(H,27,31)(H,28,33)/p+1/t18-,21-,26-/m0/s1. The molecule has 2 heterocycles. The smallest absolute Gasteiger partial charge is 0.325 e. The summed E-state index contributed by atoms with van der Waals surface area (Å²) >= 11 is 0. The molecule has 35 heavy (non-hydrogen) atoms. The molecule has 9 nitrogen and oxygen atoms in total. The van der Waals surface area contributed by atoms with Crippen LogP contribution in [0.3, 0.4) is 0 Å². The van der Waals surface area contributed by atoms with Crippen molar-refractivity contribution in [2.75, 3.05) is 46.5 Å². The number of hydrogen-bond acceptors (Lipinski definition) is 5. The minimum absolute atomic E-state index is 0.0307. The van der Waals surface area contributed by atoms with E-state index in [1.54, 1.807) is 7.11 Å². The van der Waals surface area contributed by atoms with Crippen molar-refractivity contribution in [1.29, 1.82) is 0 Å². The van der Waals surface area contributed by atoms with Gasteiger partial charge in [0.25, 0.3) is 5.91 Å². The van der Waals surface area contributed by atoms with Crippen LogP contribution in [0.2, 0.25) is 0 Å². The van der Waals surface area contributed by atoms with Gasteiger partial charge in [-0.2, -0.15) is 0 Å². The summed E-state index contributed by atoms with van der Waals surface area (Å²) in [5.41, 5.74) is 0.142. The SMILES string of the molecule is COc1ccc([C@H](CNC(=O)CN2C(=O)N[C@]3(C[C@@H](C)CC(C)(C)C3)C2=O)[NH+]2CCOCC2)cc1. The Morgan fingerprint density at radius 2 is 1.91 bits per heavy atom.